The highest BCUT2D eigenvalue weighted by atomic mass is 32.2. The van der Waals surface area contributed by atoms with Crippen molar-refractivity contribution in [2.45, 2.75) is 43.7 Å². The third kappa shape index (κ3) is 3.46. The van der Waals surface area contributed by atoms with Gasteiger partial charge in [-0.15, -0.1) is 0 Å². The summed E-state index contributed by atoms with van der Waals surface area (Å²) in [6, 6.07) is 3.03. The summed E-state index contributed by atoms with van der Waals surface area (Å²) in [4.78, 5) is 4.38. The van der Waals surface area contributed by atoms with Crippen LogP contribution in [-0.2, 0) is 17.1 Å². The normalized spacial score (nSPS) is 21.3. The van der Waals surface area contributed by atoms with Crippen molar-refractivity contribution >= 4 is 10.0 Å². The molecule has 0 amide bonds. The lowest BCUT2D eigenvalue weighted by molar-refractivity contribution is 0.0279. The summed E-state index contributed by atoms with van der Waals surface area (Å²) in [6.45, 7) is 3.41. The summed E-state index contributed by atoms with van der Waals surface area (Å²) in [5.74, 6) is 0.468. The van der Waals surface area contributed by atoms with Crippen molar-refractivity contribution in [3.05, 3.63) is 35.3 Å². The molecule has 1 atom stereocenters. The van der Waals surface area contributed by atoms with Crippen LogP contribution in [0.4, 0.5) is 0 Å². The smallest absolute Gasteiger partial charge is 0.244 e. The molecule has 142 valence electrons. The zero-order chi connectivity index (χ0) is 19.1. The molecule has 9 heteroatoms. The fourth-order valence-corrected chi connectivity index (χ4v) is 5.14. The number of aryl methyl sites for hydroxylation is 2. The van der Waals surface area contributed by atoms with Crippen molar-refractivity contribution in [2.75, 3.05) is 7.11 Å². The summed E-state index contributed by atoms with van der Waals surface area (Å²) in [7, 11) is -0.534. The quantitative estimate of drug-likeness (QED) is 0.781. The van der Waals surface area contributed by atoms with Crippen molar-refractivity contribution in [1.29, 1.82) is 0 Å². The summed E-state index contributed by atoms with van der Waals surface area (Å²) >= 11 is 0. The van der Waals surface area contributed by atoms with Crippen LogP contribution < -0.4 is 9.46 Å². The minimum Gasteiger partial charge on any atom is -0.481 e. The molecule has 2 aromatic rings. The summed E-state index contributed by atoms with van der Waals surface area (Å²) in [6.07, 6.45) is 2.31. The second kappa shape index (κ2) is 6.98. The number of pyridine rings is 1. The van der Waals surface area contributed by atoms with Gasteiger partial charge in [0.1, 0.15) is 4.90 Å². The summed E-state index contributed by atoms with van der Waals surface area (Å²) in [5.41, 5.74) is 1.78. The van der Waals surface area contributed by atoms with E-state index in [-0.39, 0.29) is 16.9 Å². The molecule has 1 fully saturated rings. The fraction of sp³-hybridized carbons (Fsp3) is 0.529. The molecule has 1 saturated carbocycles. The van der Waals surface area contributed by atoms with E-state index < -0.39 is 16.1 Å². The van der Waals surface area contributed by atoms with Gasteiger partial charge in [-0.1, -0.05) is 6.07 Å². The van der Waals surface area contributed by atoms with E-state index in [0.717, 1.165) is 5.56 Å². The largest absolute Gasteiger partial charge is 0.481 e. The van der Waals surface area contributed by atoms with E-state index in [1.165, 1.54) is 7.11 Å². The first kappa shape index (κ1) is 18.8. The molecule has 26 heavy (non-hydrogen) atoms. The average molecular weight is 380 g/mol. The van der Waals surface area contributed by atoms with Crippen LogP contribution in [0, 0.1) is 19.8 Å². The first-order valence-corrected chi connectivity index (χ1v) is 9.91. The Hall–Kier alpha value is -1.97. The Morgan fingerprint density at radius 3 is 2.50 bits per heavy atom. The van der Waals surface area contributed by atoms with Crippen LogP contribution in [-0.4, -0.2) is 41.5 Å². The van der Waals surface area contributed by atoms with Crippen LogP contribution in [0.25, 0.3) is 0 Å². The van der Waals surface area contributed by atoms with Crippen molar-refractivity contribution in [3.8, 4) is 5.88 Å². The van der Waals surface area contributed by atoms with Gasteiger partial charge in [0.25, 0.3) is 0 Å². The third-order valence-electron chi connectivity index (χ3n) is 4.94. The third-order valence-corrected chi connectivity index (χ3v) is 6.63. The van der Waals surface area contributed by atoms with Gasteiger partial charge in [-0.3, -0.25) is 4.68 Å². The molecule has 0 bridgehead atoms. The number of hydrogen-bond acceptors (Lipinski definition) is 6. The number of nitrogens with one attached hydrogen (secondary N) is 1. The van der Waals surface area contributed by atoms with Gasteiger partial charge in [0, 0.05) is 19.3 Å². The highest BCUT2D eigenvalue weighted by molar-refractivity contribution is 7.89. The molecule has 2 aromatic heterocycles. The number of methoxy groups -OCH3 is 1. The number of hydrogen-bond donors (Lipinski definition) is 2. The van der Waals surface area contributed by atoms with Crippen molar-refractivity contribution in [1.82, 2.24) is 19.5 Å². The van der Waals surface area contributed by atoms with Crippen molar-refractivity contribution in [3.63, 3.8) is 0 Å². The van der Waals surface area contributed by atoms with Gasteiger partial charge in [-0.2, -0.15) is 5.10 Å². The standard InChI is InChI=1S/C17H24N4O4S/c1-10-17(11(2)21(3)19-10)26(23,24)20-16(13-7-14(22)8-13)12-5-6-15(25-4)18-9-12/h5-6,9,13-14,16,20,22H,7-8H2,1-4H3/t13?,14?,16-/m0/s1. The number of sulfonamides is 1. The topological polar surface area (TPSA) is 106 Å². The van der Waals surface area contributed by atoms with Gasteiger partial charge >= 0.3 is 0 Å². The molecule has 0 aliphatic heterocycles. The Morgan fingerprint density at radius 2 is 2.04 bits per heavy atom. The molecule has 2 heterocycles. The van der Waals surface area contributed by atoms with Crippen molar-refractivity contribution in [2.24, 2.45) is 13.0 Å². The van der Waals surface area contributed by atoms with E-state index in [4.69, 9.17) is 4.74 Å². The molecule has 1 aliphatic rings. The van der Waals surface area contributed by atoms with E-state index in [0.29, 0.717) is 30.1 Å². The lowest BCUT2D eigenvalue weighted by Gasteiger charge is -2.38. The molecule has 0 unspecified atom stereocenters. The Kier molecular flexibility index (Phi) is 5.05. The zero-order valence-electron chi connectivity index (χ0n) is 15.3. The lowest BCUT2D eigenvalue weighted by Crippen LogP contribution is -2.41. The average Bonchev–Trinajstić information content (AvgIpc) is 2.83. The predicted molar refractivity (Wildman–Crippen MR) is 95.3 cm³/mol. The minimum absolute atomic E-state index is 0.00672. The van der Waals surface area contributed by atoms with Crippen LogP contribution in [0.15, 0.2) is 23.2 Å². The van der Waals surface area contributed by atoms with Crippen LogP contribution in [0.1, 0.15) is 35.8 Å². The maximum atomic E-state index is 13.0. The predicted octanol–water partition coefficient (Wildman–Crippen LogP) is 1.23. The van der Waals surface area contributed by atoms with E-state index in [2.05, 4.69) is 14.8 Å². The molecule has 0 radical (unpaired) electrons. The van der Waals surface area contributed by atoms with Gasteiger partial charge in [-0.05, 0) is 38.2 Å². The van der Waals surface area contributed by atoms with Crippen molar-refractivity contribution < 1.29 is 18.3 Å². The maximum Gasteiger partial charge on any atom is 0.244 e. The van der Waals surface area contributed by atoms with Crippen LogP contribution in [0.2, 0.25) is 0 Å². The fourth-order valence-electron chi connectivity index (χ4n) is 3.40. The van der Waals surface area contributed by atoms with E-state index >= 15 is 0 Å². The molecule has 1 aliphatic carbocycles. The maximum absolute atomic E-state index is 13.0. The monoisotopic (exact) mass is 380 g/mol. The Labute approximate surface area is 153 Å². The summed E-state index contributed by atoms with van der Waals surface area (Å²) < 4.78 is 35.5. The highest BCUT2D eigenvalue weighted by Gasteiger charge is 2.38. The molecule has 3 rings (SSSR count). The minimum atomic E-state index is -3.78. The second-order valence-electron chi connectivity index (χ2n) is 6.74. The number of aliphatic hydroxyl groups excluding tert-OH is 1. The van der Waals surface area contributed by atoms with Crippen LogP contribution in [0.5, 0.6) is 5.88 Å². The van der Waals surface area contributed by atoms with E-state index in [1.54, 1.807) is 43.9 Å². The first-order valence-electron chi connectivity index (χ1n) is 8.43. The molecular formula is C17H24N4O4S. The number of aliphatic hydroxyl groups is 1. The second-order valence-corrected chi connectivity index (χ2v) is 8.39. The number of ether oxygens (including phenoxy) is 1. The van der Waals surface area contributed by atoms with Gasteiger partial charge in [-0.25, -0.2) is 18.1 Å². The molecule has 0 saturated heterocycles. The SMILES string of the molecule is COc1ccc([C@H](NS(=O)(=O)c2c(C)nn(C)c2C)C2CC(O)C2)cn1. The first-order chi connectivity index (χ1) is 12.2. The molecular weight excluding hydrogens is 356 g/mol. The van der Waals surface area contributed by atoms with Gasteiger partial charge < -0.3 is 9.84 Å². The van der Waals surface area contributed by atoms with Gasteiger partial charge in [0.2, 0.25) is 15.9 Å². The Balaban J connectivity index is 1.94. The lowest BCUT2D eigenvalue weighted by atomic mass is 9.76. The van der Waals surface area contributed by atoms with Crippen LogP contribution in [0.3, 0.4) is 0 Å². The Bertz CT molecular complexity index is 886. The molecule has 0 spiro atoms. The van der Waals surface area contributed by atoms with E-state index in [9.17, 15) is 13.5 Å². The number of rotatable bonds is 6. The van der Waals surface area contributed by atoms with Crippen LogP contribution >= 0.6 is 0 Å². The number of aromatic nitrogens is 3. The number of nitrogens with zero attached hydrogens (tertiary/aromatic N) is 3. The van der Waals surface area contributed by atoms with Gasteiger partial charge in [0.15, 0.2) is 0 Å². The zero-order valence-corrected chi connectivity index (χ0v) is 16.1. The molecule has 0 aromatic carbocycles. The Morgan fingerprint density at radius 1 is 1.35 bits per heavy atom. The molecule has 2 N–H and O–H groups in total. The van der Waals surface area contributed by atoms with E-state index in [1.807, 2.05) is 0 Å². The molecule has 8 nitrogen and oxygen atoms in total. The highest BCUT2D eigenvalue weighted by Crippen LogP contribution is 2.39. The summed E-state index contributed by atoms with van der Waals surface area (Å²) in [5, 5.41) is 13.9. The van der Waals surface area contributed by atoms with Gasteiger partial charge in [0.05, 0.1) is 30.6 Å².